The molecule has 4 nitrogen and oxygen atoms in total. The number of benzene rings is 1. The first-order valence-electron chi connectivity index (χ1n) is 7.37. The Labute approximate surface area is 125 Å². The topological polar surface area (TPSA) is 38.1 Å². The minimum atomic E-state index is 0.165. The number of hydrogen-bond donors (Lipinski definition) is 0. The SMILES string of the molecule is Cc1cccc2c1CCN2C(=O)Cc1c(C)nn(C)c1C. The third-order valence-electron chi connectivity index (χ3n) is 4.55. The summed E-state index contributed by atoms with van der Waals surface area (Å²) in [5.41, 5.74) is 6.75. The Morgan fingerprint density at radius 2 is 2.05 bits per heavy atom. The van der Waals surface area contributed by atoms with Gasteiger partial charge in [-0.25, -0.2) is 0 Å². The molecule has 0 N–H and O–H groups in total. The van der Waals surface area contributed by atoms with Gasteiger partial charge in [0, 0.05) is 30.5 Å². The molecule has 1 aromatic heterocycles. The van der Waals surface area contributed by atoms with Crippen LogP contribution in [-0.2, 0) is 24.7 Å². The summed E-state index contributed by atoms with van der Waals surface area (Å²) in [7, 11) is 1.92. The van der Waals surface area contributed by atoms with Crippen LogP contribution in [0.1, 0.15) is 28.1 Å². The highest BCUT2D eigenvalue weighted by molar-refractivity contribution is 5.97. The molecule has 21 heavy (non-hydrogen) atoms. The zero-order valence-electron chi connectivity index (χ0n) is 13.1. The van der Waals surface area contributed by atoms with Crippen molar-refractivity contribution in [2.45, 2.75) is 33.6 Å². The number of anilines is 1. The molecule has 4 heteroatoms. The third kappa shape index (κ3) is 2.24. The molecule has 0 spiro atoms. The van der Waals surface area contributed by atoms with Crippen LogP contribution in [0.25, 0.3) is 0 Å². The Morgan fingerprint density at radius 3 is 2.71 bits per heavy atom. The highest BCUT2D eigenvalue weighted by Crippen LogP contribution is 2.31. The van der Waals surface area contributed by atoms with Crippen LogP contribution in [0, 0.1) is 20.8 Å². The standard InChI is InChI=1S/C17H21N3O/c1-11-6-5-7-16-14(11)8-9-20(16)17(21)10-15-12(2)18-19(4)13(15)3/h5-7H,8-10H2,1-4H3. The summed E-state index contributed by atoms with van der Waals surface area (Å²) < 4.78 is 1.85. The summed E-state index contributed by atoms with van der Waals surface area (Å²) in [4.78, 5) is 14.6. The van der Waals surface area contributed by atoms with Gasteiger partial charge >= 0.3 is 0 Å². The van der Waals surface area contributed by atoms with Crippen LogP contribution < -0.4 is 4.90 Å². The molecular weight excluding hydrogens is 262 g/mol. The summed E-state index contributed by atoms with van der Waals surface area (Å²) in [5.74, 6) is 0.165. The lowest BCUT2D eigenvalue weighted by molar-refractivity contribution is -0.117. The van der Waals surface area contributed by atoms with Gasteiger partial charge in [0.1, 0.15) is 0 Å². The average molecular weight is 283 g/mol. The quantitative estimate of drug-likeness (QED) is 0.849. The zero-order chi connectivity index (χ0) is 15.1. The van der Waals surface area contributed by atoms with Crippen LogP contribution in [0.4, 0.5) is 5.69 Å². The largest absolute Gasteiger partial charge is 0.312 e. The van der Waals surface area contributed by atoms with E-state index in [0.717, 1.165) is 35.6 Å². The molecule has 0 fully saturated rings. The molecule has 1 aliphatic heterocycles. The highest BCUT2D eigenvalue weighted by atomic mass is 16.2. The van der Waals surface area contributed by atoms with E-state index < -0.39 is 0 Å². The number of amides is 1. The van der Waals surface area contributed by atoms with Crippen LogP contribution in [0.5, 0.6) is 0 Å². The average Bonchev–Trinajstić information content (AvgIpc) is 2.97. The lowest BCUT2D eigenvalue weighted by Crippen LogP contribution is -2.30. The molecule has 110 valence electrons. The van der Waals surface area contributed by atoms with Crippen molar-refractivity contribution < 1.29 is 4.79 Å². The van der Waals surface area contributed by atoms with Gasteiger partial charge in [-0.05, 0) is 44.4 Å². The van der Waals surface area contributed by atoms with E-state index in [2.05, 4.69) is 24.2 Å². The lowest BCUT2D eigenvalue weighted by Gasteiger charge is -2.17. The van der Waals surface area contributed by atoms with Gasteiger partial charge in [0.25, 0.3) is 0 Å². The third-order valence-corrected chi connectivity index (χ3v) is 4.55. The molecule has 1 aromatic carbocycles. The van der Waals surface area contributed by atoms with E-state index in [4.69, 9.17) is 0 Å². The second-order valence-electron chi connectivity index (χ2n) is 5.82. The maximum absolute atomic E-state index is 12.7. The van der Waals surface area contributed by atoms with E-state index in [-0.39, 0.29) is 5.91 Å². The molecule has 1 amide bonds. The van der Waals surface area contributed by atoms with Gasteiger partial charge < -0.3 is 4.90 Å². The smallest absolute Gasteiger partial charge is 0.231 e. The van der Waals surface area contributed by atoms with Crippen LogP contribution in [0.15, 0.2) is 18.2 Å². The van der Waals surface area contributed by atoms with E-state index >= 15 is 0 Å². The summed E-state index contributed by atoms with van der Waals surface area (Å²) >= 11 is 0. The van der Waals surface area contributed by atoms with Crippen molar-refractivity contribution in [1.82, 2.24) is 9.78 Å². The number of hydrogen-bond acceptors (Lipinski definition) is 2. The van der Waals surface area contributed by atoms with Crippen LogP contribution in [-0.4, -0.2) is 22.2 Å². The molecule has 2 aromatic rings. The predicted molar refractivity (Wildman–Crippen MR) is 83.6 cm³/mol. The van der Waals surface area contributed by atoms with E-state index in [1.54, 1.807) is 0 Å². The van der Waals surface area contributed by atoms with Gasteiger partial charge in [0.05, 0.1) is 12.1 Å². The van der Waals surface area contributed by atoms with Crippen LogP contribution in [0.2, 0.25) is 0 Å². The van der Waals surface area contributed by atoms with Crippen molar-refractivity contribution in [2.75, 3.05) is 11.4 Å². The fourth-order valence-corrected chi connectivity index (χ4v) is 3.19. The summed E-state index contributed by atoms with van der Waals surface area (Å²) in [5, 5.41) is 4.39. The van der Waals surface area contributed by atoms with Gasteiger partial charge in [0.15, 0.2) is 0 Å². The Balaban J connectivity index is 1.87. The molecule has 0 atom stereocenters. The number of aromatic nitrogens is 2. The van der Waals surface area contributed by atoms with Gasteiger partial charge in [-0.2, -0.15) is 5.10 Å². The Hall–Kier alpha value is -2.10. The molecule has 3 rings (SSSR count). The Kier molecular flexibility index (Phi) is 3.32. The first-order chi connectivity index (χ1) is 9.99. The molecule has 0 saturated carbocycles. The van der Waals surface area contributed by atoms with E-state index in [0.29, 0.717) is 6.42 Å². The molecule has 1 aliphatic rings. The van der Waals surface area contributed by atoms with E-state index in [1.165, 1.54) is 11.1 Å². The monoisotopic (exact) mass is 283 g/mol. The van der Waals surface area contributed by atoms with Crippen molar-refractivity contribution in [1.29, 1.82) is 0 Å². The number of carbonyl (C=O) groups excluding carboxylic acids is 1. The van der Waals surface area contributed by atoms with E-state index in [1.807, 2.05) is 36.5 Å². The van der Waals surface area contributed by atoms with Gasteiger partial charge in [-0.1, -0.05) is 12.1 Å². The molecule has 0 radical (unpaired) electrons. The van der Waals surface area contributed by atoms with Crippen molar-refractivity contribution in [3.8, 4) is 0 Å². The summed E-state index contributed by atoms with van der Waals surface area (Å²) in [6.45, 7) is 6.89. The zero-order valence-corrected chi connectivity index (χ0v) is 13.1. The molecule has 0 aliphatic carbocycles. The summed E-state index contributed by atoms with van der Waals surface area (Å²) in [6.07, 6.45) is 1.39. The van der Waals surface area contributed by atoms with Crippen molar-refractivity contribution in [3.63, 3.8) is 0 Å². The van der Waals surface area contributed by atoms with Crippen LogP contribution >= 0.6 is 0 Å². The van der Waals surface area contributed by atoms with Gasteiger partial charge in [-0.15, -0.1) is 0 Å². The highest BCUT2D eigenvalue weighted by Gasteiger charge is 2.26. The number of aryl methyl sites for hydroxylation is 3. The maximum Gasteiger partial charge on any atom is 0.231 e. The van der Waals surface area contributed by atoms with Crippen molar-refractivity contribution >= 4 is 11.6 Å². The van der Waals surface area contributed by atoms with Gasteiger partial charge in [0.2, 0.25) is 5.91 Å². The van der Waals surface area contributed by atoms with Crippen LogP contribution in [0.3, 0.4) is 0 Å². The second kappa shape index (κ2) is 5.02. The number of rotatable bonds is 2. The van der Waals surface area contributed by atoms with E-state index in [9.17, 15) is 4.79 Å². The molecule has 0 unspecified atom stereocenters. The minimum Gasteiger partial charge on any atom is -0.312 e. The number of carbonyl (C=O) groups is 1. The molecular formula is C17H21N3O. The lowest BCUT2D eigenvalue weighted by atomic mass is 10.1. The second-order valence-corrected chi connectivity index (χ2v) is 5.82. The molecule has 0 saturated heterocycles. The Bertz CT molecular complexity index is 715. The maximum atomic E-state index is 12.7. The first-order valence-corrected chi connectivity index (χ1v) is 7.37. The number of nitrogens with zero attached hydrogens (tertiary/aromatic N) is 3. The fraction of sp³-hybridized carbons (Fsp3) is 0.412. The first kappa shape index (κ1) is 13.9. The summed E-state index contributed by atoms with van der Waals surface area (Å²) in [6, 6.07) is 6.19. The molecule has 2 heterocycles. The van der Waals surface area contributed by atoms with Crippen molar-refractivity contribution in [2.24, 2.45) is 7.05 Å². The normalized spacial score (nSPS) is 13.6. The minimum absolute atomic E-state index is 0.165. The number of fused-ring (bicyclic) bond motifs is 1. The van der Waals surface area contributed by atoms with Gasteiger partial charge in [-0.3, -0.25) is 9.48 Å². The predicted octanol–water partition coefficient (Wildman–Crippen LogP) is 2.48. The Morgan fingerprint density at radius 1 is 1.29 bits per heavy atom. The fourth-order valence-electron chi connectivity index (χ4n) is 3.19. The molecule has 0 bridgehead atoms. The van der Waals surface area contributed by atoms with Crippen molar-refractivity contribution in [3.05, 3.63) is 46.3 Å².